The topological polar surface area (TPSA) is 57.2 Å². The van der Waals surface area contributed by atoms with Crippen molar-refractivity contribution in [2.45, 2.75) is 45.3 Å². The van der Waals surface area contributed by atoms with Gasteiger partial charge in [-0.1, -0.05) is 23.8 Å². The molecule has 0 unspecified atom stereocenters. The van der Waals surface area contributed by atoms with Crippen molar-refractivity contribution in [2.75, 3.05) is 41.1 Å². The lowest BCUT2D eigenvalue weighted by Gasteiger charge is -2.39. The lowest BCUT2D eigenvalue weighted by molar-refractivity contribution is -0.142. The minimum atomic E-state index is -0.826. The summed E-state index contributed by atoms with van der Waals surface area (Å²) in [5, 5.41) is 0. The fourth-order valence-electron chi connectivity index (χ4n) is 4.59. The molecule has 1 amide bonds. The monoisotopic (exact) mass is 429 g/mol. The maximum absolute atomic E-state index is 13.9. The number of hydrogen-bond donors (Lipinski definition) is 0. The SMILES string of the molecule is COC[C@@H]1CCCN1C(=O)[C@]1(CCOCc2ccc(OC)cc2)C=C(C)CC=C1OC. The summed E-state index contributed by atoms with van der Waals surface area (Å²) >= 11 is 0. The second kappa shape index (κ2) is 10.8. The molecule has 1 fully saturated rings. The smallest absolute Gasteiger partial charge is 0.240 e. The highest BCUT2D eigenvalue weighted by Crippen LogP contribution is 2.42. The molecule has 1 aliphatic carbocycles. The third-order valence-electron chi connectivity index (χ3n) is 6.21. The van der Waals surface area contributed by atoms with Gasteiger partial charge in [-0.15, -0.1) is 0 Å². The third kappa shape index (κ3) is 5.31. The molecule has 3 rings (SSSR count). The molecule has 170 valence electrons. The standard InChI is InChI=1S/C25H35NO5/c1-19-7-12-23(30-4)25(16-19,24(27)26-14-5-6-21(26)18-28-2)13-15-31-17-20-8-10-22(29-3)11-9-20/h8-12,16,21H,5-7,13-15,17-18H2,1-4H3/t21-,25+/m0/s1. The molecule has 0 N–H and O–H groups in total. The van der Waals surface area contributed by atoms with Crippen LogP contribution >= 0.6 is 0 Å². The van der Waals surface area contributed by atoms with E-state index in [-0.39, 0.29) is 11.9 Å². The van der Waals surface area contributed by atoms with Gasteiger partial charge in [-0.25, -0.2) is 0 Å². The first-order valence-electron chi connectivity index (χ1n) is 11.0. The molecule has 2 atom stereocenters. The van der Waals surface area contributed by atoms with Gasteiger partial charge in [-0.05, 0) is 56.4 Å². The first-order chi connectivity index (χ1) is 15.0. The number of ether oxygens (including phenoxy) is 4. The second-order valence-corrected chi connectivity index (χ2v) is 8.34. The van der Waals surface area contributed by atoms with Crippen LogP contribution in [0.3, 0.4) is 0 Å². The van der Waals surface area contributed by atoms with Crippen LogP contribution in [0.25, 0.3) is 0 Å². The van der Waals surface area contributed by atoms with Crippen molar-refractivity contribution in [1.29, 1.82) is 0 Å². The Bertz CT molecular complexity index is 801. The average molecular weight is 430 g/mol. The number of carbonyl (C=O) groups is 1. The maximum Gasteiger partial charge on any atom is 0.240 e. The molecular weight excluding hydrogens is 394 g/mol. The van der Waals surface area contributed by atoms with Crippen molar-refractivity contribution >= 4 is 5.91 Å². The summed E-state index contributed by atoms with van der Waals surface area (Å²) in [6, 6.07) is 7.94. The van der Waals surface area contributed by atoms with E-state index in [1.165, 1.54) is 5.57 Å². The quantitative estimate of drug-likeness (QED) is 0.414. The highest BCUT2D eigenvalue weighted by molar-refractivity contribution is 5.88. The van der Waals surface area contributed by atoms with Crippen molar-refractivity contribution in [3.05, 3.63) is 53.3 Å². The maximum atomic E-state index is 13.9. The number of allylic oxidation sites excluding steroid dienone is 2. The fraction of sp³-hybridized carbons (Fsp3) is 0.560. The van der Waals surface area contributed by atoms with Crippen LogP contribution in [0.1, 0.15) is 38.2 Å². The zero-order chi connectivity index (χ0) is 22.3. The molecule has 0 bridgehead atoms. The van der Waals surface area contributed by atoms with Gasteiger partial charge >= 0.3 is 0 Å². The van der Waals surface area contributed by atoms with E-state index in [0.29, 0.717) is 26.2 Å². The Morgan fingerprint density at radius 1 is 1.16 bits per heavy atom. The zero-order valence-electron chi connectivity index (χ0n) is 19.2. The van der Waals surface area contributed by atoms with Crippen LogP contribution in [0.5, 0.6) is 5.75 Å². The Balaban J connectivity index is 1.74. The first kappa shape index (κ1) is 23.4. The Kier molecular flexibility index (Phi) is 8.15. The number of benzene rings is 1. The summed E-state index contributed by atoms with van der Waals surface area (Å²) in [6.45, 7) is 4.32. The molecule has 0 radical (unpaired) electrons. The van der Waals surface area contributed by atoms with E-state index in [4.69, 9.17) is 18.9 Å². The van der Waals surface area contributed by atoms with Crippen LogP contribution in [0.15, 0.2) is 47.7 Å². The van der Waals surface area contributed by atoms with Crippen LogP contribution in [0.2, 0.25) is 0 Å². The Labute approximate surface area is 185 Å². The van der Waals surface area contributed by atoms with Gasteiger partial charge in [0.2, 0.25) is 5.91 Å². The Morgan fingerprint density at radius 3 is 2.61 bits per heavy atom. The summed E-state index contributed by atoms with van der Waals surface area (Å²) in [4.78, 5) is 15.9. The van der Waals surface area contributed by atoms with Gasteiger partial charge in [0.1, 0.15) is 16.9 Å². The van der Waals surface area contributed by atoms with E-state index in [1.54, 1.807) is 21.3 Å². The van der Waals surface area contributed by atoms with E-state index < -0.39 is 5.41 Å². The molecule has 1 aromatic rings. The second-order valence-electron chi connectivity index (χ2n) is 8.34. The van der Waals surface area contributed by atoms with Gasteiger partial charge in [0.05, 0.1) is 33.5 Å². The Morgan fingerprint density at radius 2 is 1.94 bits per heavy atom. The van der Waals surface area contributed by atoms with Gasteiger partial charge in [0, 0.05) is 20.3 Å². The van der Waals surface area contributed by atoms with Crippen molar-refractivity contribution in [2.24, 2.45) is 5.41 Å². The summed E-state index contributed by atoms with van der Waals surface area (Å²) in [6.07, 6.45) is 7.43. The Hall–Kier alpha value is -2.31. The summed E-state index contributed by atoms with van der Waals surface area (Å²) < 4.78 is 22.3. The minimum Gasteiger partial charge on any atom is -0.500 e. The summed E-state index contributed by atoms with van der Waals surface area (Å²) in [7, 11) is 4.99. The third-order valence-corrected chi connectivity index (χ3v) is 6.21. The number of rotatable bonds is 10. The molecule has 1 saturated heterocycles. The predicted molar refractivity (Wildman–Crippen MR) is 120 cm³/mol. The van der Waals surface area contributed by atoms with Crippen molar-refractivity contribution in [1.82, 2.24) is 4.90 Å². The van der Waals surface area contributed by atoms with Gasteiger partial charge in [0.15, 0.2) is 0 Å². The van der Waals surface area contributed by atoms with Crippen LogP contribution < -0.4 is 4.74 Å². The number of likely N-dealkylation sites (tertiary alicyclic amines) is 1. The van der Waals surface area contributed by atoms with Crippen LogP contribution in [-0.2, 0) is 25.6 Å². The summed E-state index contributed by atoms with van der Waals surface area (Å²) in [5.74, 6) is 1.63. The van der Waals surface area contributed by atoms with Gasteiger partial charge in [-0.2, -0.15) is 0 Å². The van der Waals surface area contributed by atoms with Gasteiger partial charge in [-0.3, -0.25) is 4.79 Å². The molecule has 1 aliphatic heterocycles. The van der Waals surface area contributed by atoms with Crippen LogP contribution in [0, 0.1) is 5.41 Å². The van der Waals surface area contributed by atoms with E-state index in [0.717, 1.165) is 42.9 Å². The molecule has 31 heavy (non-hydrogen) atoms. The zero-order valence-corrected chi connectivity index (χ0v) is 19.2. The number of methoxy groups -OCH3 is 3. The number of hydrogen-bond acceptors (Lipinski definition) is 5. The number of amides is 1. The molecule has 0 aromatic heterocycles. The van der Waals surface area contributed by atoms with Gasteiger partial charge in [0.25, 0.3) is 0 Å². The van der Waals surface area contributed by atoms with E-state index in [1.807, 2.05) is 35.2 Å². The van der Waals surface area contributed by atoms with Crippen LogP contribution in [0.4, 0.5) is 0 Å². The van der Waals surface area contributed by atoms with Crippen molar-refractivity contribution in [3.63, 3.8) is 0 Å². The lowest BCUT2D eigenvalue weighted by Crippen LogP contribution is -2.49. The predicted octanol–water partition coefficient (Wildman–Crippen LogP) is 4.11. The molecule has 0 spiro atoms. The highest BCUT2D eigenvalue weighted by atomic mass is 16.5. The lowest BCUT2D eigenvalue weighted by atomic mass is 9.75. The van der Waals surface area contributed by atoms with E-state index >= 15 is 0 Å². The molecule has 0 saturated carbocycles. The average Bonchev–Trinajstić information content (AvgIpc) is 3.25. The fourth-order valence-corrected chi connectivity index (χ4v) is 4.59. The molecular formula is C25H35NO5. The van der Waals surface area contributed by atoms with Crippen molar-refractivity contribution in [3.8, 4) is 5.75 Å². The normalized spacial score (nSPS) is 23.4. The summed E-state index contributed by atoms with van der Waals surface area (Å²) in [5.41, 5.74) is 1.42. The van der Waals surface area contributed by atoms with Crippen molar-refractivity contribution < 1.29 is 23.7 Å². The minimum absolute atomic E-state index is 0.0900. The molecule has 6 heteroatoms. The molecule has 2 aliphatic rings. The number of nitrogens with zero attached hydrogens (tertiary/aromatic N) is 1. The largest absolute Gasteiger partial charge is 0.500 e. The molecule has 1 aromatic carbocycles. The van der Waals surface area contributed by atoms with E-state index in [9.17, 15) is 4.79 Å². The van der Waals surface area contributed by atoms with Crippen LogP contribution in [-0.4, -0.2) is 57.9 Å². The van der Waals surface area contributed by atoms with E-state index in [2.05, 4.69) is 13.0 Å². The van der Waals surface area contributed by atoms with Gasteiger partial charge < -0.3 is 23.8 Å². The highest BCUT2D eigenvalue weighted by Gasteiger charge is 2.47. The first-order valence-corrected chi connectivity index (χ1v) is 11.0. The molecule has 6 nitrogen and oxygen atoms in total. The number of carbonyl (C=O) groups excluding carboxylic acids is 1. The molecule has 1 heterocycles.